The second-order valence-electron chi connectivity index (χ2n) is 4.86. The molecule has 0 atom stereocenters. The number of anilines is 1. The molecule has 0 radical (unpaired) electrons. The number of sulfonamides is 1. The summed E-state index contributed by atoms with van der Waals surface area (Å²) < 4.78 is 31.4. The number of methoxy groups -OCH3 is 1. The fourth-order valence-electron chi connectivity index (χ4n) is 1.95. The fourth-order valence-corrected chi connectivity index (χ4v) is 3.26. The minimum atomic E-state index is -3.61. The van der Waals surface area contributed by atoms with E-state index in [9.17, 15) is 13.2 Å². The average molecular weight is 369 g/mol. The zero-order valence-electron chi connectivity index (χ0n) is 13.0. The number of ether oxygens (including phenoxy) is 1. The molecule has 0 bridgehead atoms. The molecule has 2 aromatic rings. The molecule has 0 saturated heterocycles. The van der Waals surface area contributed by atoms with Gasteiger partial charge in [-0.2, -0.15) is 0 Å². The molecule has 0 aliphatic rings. The number of halogens is 1. The first-order valence-electron chi connectivity index (χ1n) is 7.10. The van der Waals surface area contributed by atoms with E-state index in [1.807, 2.05) is 0 Å². The predicted molar refractivity (Wildman–Crippen MR) is 92.9 cm³/mol. The highest BCUT2D eigenvalue weighted by Gasteiger charge is 2.13. The minimum Gasteiger partial charge on any atom is -0.495 e. The summed E-state index contributed by atoms with van der Waals surface area (Å²) in [4.78, 5) is 12.0. The molecule has 128 valence electrons. The van der Waals surface area contributed by atoms with Crippen LogP contribution >= 0.6 is 11.6 Å². The summed E-state index contributed by atoms with van der Waals surface area (Å²) in [5.74, 6) is 0.178. The maximum absolute atomic E-state index is 12.0. The molecule has 0 aliphatic carbocycles. The van der Waals surface area contributed by atoms with Gasteiger partial charge >= 0.3 is 0 Å². The van der Waals surface area contributed by atoms with Crippen molar-refractivity contribution >= 4 is 33.2 Å². The van der Waals surface area contributed by atoms with Crippen LogP contribution in [0.2, 0.25) is 5.02 Å². The third-order valence-electron chi connectivity index (χ3n) is 3.13. The maximum Gasteiger partial charge on any atom is 0.240 e. The third-order valence-corrected chi connectivity index (χ3v) is 4.91. The first kappa shape index (κ1) is 18.3. The molecule has 2 aromatic carbocycles. The van der Waals surface area contributed by atoms with Crippen molar-refractivity contribution in [1.29, 1.82) is 0 Å². The molecule has 2 N–H and O–H groups in total. The van der Waals surface area contributed by atoms with Gasteiger partial charge in [0, 0.05) is 18.7 Å². The molecule has 0 heterocycles. The lowest BCUT2D eigenvalue weighted by atomic mass is 10.3. The standard InChI is InChI=1S/C16H17ClN2O4S/c1-23-15-8-7-12(11-14(15)17)19-16(20)9-10-18-24(21,22)13-5-3-2-4-6-13/h2-8,11,18H,9-10H2,1H3,(H,19,20). The van der Waals surface area contributed by atoms with Crippen molar-refractivity contribution in [3.05, 3.63) is 53.6 Å². The van der Waals surface area contributed by atoms with E-state index in [0.29, 0.717) is 16.5 Å². The number of amides is 1. The summed E-state index contributed by atoms with van der Waals surface area (Å²) >= 11 is 5.98. The van der Waals surface area contributed by atoms with Crippen LogP contribution in [0.5, 0.6) is 5.75 Å². The van der Waals surface area contributed by atoms with E-state index >= 15 is 0 Å². The third kappa shape index (κ3) is 4.95. The van der Waals surface area contributed by atoms with Crippen molar-refractivity contribution in [1.82, 2.24) is 4.72 Å². The number of hydrogen-bond donors (Lipinski definition) is 2. The zero-order chi connectivity index (χ0) is 17.6. The van der Waals surface area contributed by atoms with Gasteiger partial charge in [0.2, 0.25) is 15.9 Å². The Morgan fingerprint density at radius 1 is 1.17 bits per heavy atom. The second-order valence-corrected chi connectivity index (χ2v) is 7.03. The molecule has 1 amide bonds. The maximum atomic E-state index is 12.0. The first-order valence-corrected chi connectivity index (χ1v) is 8.96. The van der Waals surface area contributed by atoms with E-state index < -0.39 is 10.0 Å². The monoisotopic (exact) mass is 368 g/mol. The van der Waals surface area contributed by atoms with Gasteiger partial charge in [-0.3, -0.25) is 4.79 Å². The summed E-state index contributed by atoms with van der Waals surface area (Å²) in [5.41, 5.74) is 0.511. The van der Waals surface area contributed by atoms with Gasteiger partial charge in [0.25, 0.3) is 0 Å². The Balaban J connectivity index is 1.86. The van der Waals surface area contributed by atoms with Gasteiger partial charge in [-0.15, -0.1) is 0 Å². The topological polar surface area (TPSA) is 84.5 Å². The molecule has 2 rings (SSSR count). The predicted octanol–water partition coefficient (Wildman–Crippen LogP) is 2.66. The summed E-state index contributed by atoms with van der Waals surface area (Å²) in [6.45, 7) is -0.00700. The van der Waals surface area contributed by atoms with E-state index in [2.05, 4.69) is 10.0 Å². The number of benzene rings is 2. The van der Waals surface area contributed by atoms with Crippen LogP contribution < -0.4 is 14.8 Å². The number of hydrogen-bond acceptors (Lipinski definition) is 4. The number of carbonyl (C=O) groups is 1. The van der Waals surface area contributed by atoms with Crippen molar-refractivity contribution in [2.24, 2.45) is 0 Å². The molecular formula is C16H17ClN2O4S. The molecule has 6 nitrogen and oxygen atoms in total. The van der Waals surface area contributed by atoms with Crippen LogP contribution in [0.4, 0.5) is 5.69 Å². The largest absolute Gasteiger partial charge is 0.495 e. The van der Waals surface area contributed by atoms with Crippen molar-refractivity contribution in [2.75, 3.05) is 19.0 Å². The van der Waals surface area contributed by atoms with E-state index in [1.54, 1.807) is 36.4 Å². The lowest BCUT2D eigenvalue weighted by molar-refractivity contribution is -0.116. The Morgan fingerprint density at radius 2 is 1.88 bits per heavy atom. The van der Waals surface area contributed by atoms with Crippen molar-refractivity contribution in [3.63, 3.8) is 0 Å². The molecule has 0 unspecified atom stereocenters. The lowest BCUT2D eigenvalue weighted by Crippen LogP contribution is -2.27. The SMILES string of the molecule is COc1ccc(NC(=O)CCNS(=O)(=O)c2ccccc2)cc1Cl. The summed E-state index contributed by atoms with van der Waals surface area (Å²) in [7, 11) is -2.11. The molecule has 8 heteroatoms. The van der Waals surface area contributed by atoms with Gasteiger partial charge in [-0.25, -0.2) is 13.1 Å². The van der Waals surface area contributed by atoms with E-state index in [-0.39, 0.29) is 23.8 Å². The Morgan fingerprint density at radius 3 is 2.50 bits per heavy atom. The Bertz CT molecular complexity index is 810. The van der Waals surface area contributed by atoms with Crippen LogP contribution in [0.3, 0.4) is 0 Å². The van der Waals surface area contributed by atoms with Crippen molar-refractivity contribution in [3.8, 4) is 5.75 Å². The zero-order valence-corrected chi connectivity index (χ0v) is 14.5. The summed E-state index contributed by atoms with van der Waals surface area (Å²) in [6.07, 6.45) is -0.00425. The molecule has 0 spiro atoms. The molecule has 0 aliphatic heterocycles. The fraction of sp³-hybridized carbons (Fsp3) is 0.188. The highest BCUT2D eigenvalue weighted by Crippen LogP contribution is 2.27. The highest BCUT2D eigenvalue weighted by molar-refractivity contribution is 7.89. The van der Waals surface area contributed by atoms with Crippen LogP contribution in [-0.4, -0.2) is 28.0 Å². The molecule has 24 heavy (non-hydrogen) atoms. The quantitative estimate of drug-likeness (QED) is 0.786. The van der Waals surface area contributed by atoms with Crippen LogP contribution in [0, 0.1) is 0 Å². The number of nitrogens with one attached hydrogen (secondary N) is 2. The van der Waals surface area contributed by atoms with Crippen LogP contribution in [0.1, 0.15) is 6.42 Å². The lowest BCUT2D eigenvalue weighted by Gasteiger charge is -2.09. The molecular weight excluding hydrogens is 352 g/mol. The number of rotatable bonds is 7. The Labute approximate surface area is 145 Å². The minimum absolute atomic E-state index is 0.00425. The van der Waals surface area contributed by atoms with Gasteiger partial charge in [-0.1, -0.05) is 29.8 Å². The van der Waals surface area contributed by atoms with E-state index in [1.165, 1.54) is 19.2 Å². The van der Waals surface area contributed by atoms with Crippen LogP contribution in [0.25, 0.3) is 0 Å². The van der Waals surface area contributed by atoms with Crippen molar-refractivity contribution in [2.45, 2.75) is 11.3 Å². The first-order chi connectivity index (χ1) is 11.4. The smallest absolute Gasteiger partial charge is 0.240 e. The van der Waals surface area contributed by atoms with Crippen LogP contribution in [-0.2, 0) is 14.8 Å². The molecule has 0 fully saturated rings. The van der Waals surface area contributed by atoms with Gasteiger partial charge in [0.05, 0.1) is 17.0 Å². The summed E-state index contributed by atoms with van der Waals surface area (Å²) in [6, 6.07) is 12.8. The van der Waals surface area contributed by atoms with E-state index in [4.69, 9.17) is 16.3 Å². The van der Waals surface area contributed by atoms with Crippen molar-refractivity contribution < 1.29 is 17.9 Å². The average Bonchev–Trinajstić information content (AvgIpc) is 2.55. The second kappa shape index (κ2) is 8.14. The Hall–Kier alpha value is -2.09. The Kier molecular flexibility index (Phi) is 6.19. The normalized spacial score (nSPS) is 11.1. The highest BCUT2D eigenvalue weighted by atomic mass is 35.5. The van der Waals surface area contributed by atoms with E-state index in [0.717, 1.165) is 0 Å². The van der Waals surface area contributed by atoms with Gasteiger partial charge in [-0.05, 0) is 30.3 Å². The van der Waals surface area contributed by atoms with Gasteiger partial charge in [0.15, 0.2) is 0 Å². The number of carbonyl (C=O) groups excluding carboxylic acids is 1. The van der Waals surface area contributed by atoms with Crippen LogP contribution in [0.15, 0.2) is 53.4 Å². The van der Waals surface area contributed by atoms with Gasteiger partial charge in [0.1, 0.15) is 5.75 Å². The summed E-state index contributed by atoms with van der Waals surface area (Å²) in [5, 5.41) is 3.02. The molecule has 0 aromatic heterocycles. The molecule has 0 saturated carbocycles. The van der Waals surface area contributed by atoms with Gasteiger partial charge < -0.3 is 10.1 Å².